The van der Waals surface area contributed by atoms with Crippen LogP contribution < -0.4 is 10.0 Å². The molecule has 0 aliphatic rings. The summed E-state index contributed by atoms with van der Waals surface area (Å²) in [5.74, 6) is -1.14. The quantitative estimate of drug-likeness (QED) is 0.629. The van der Waals surface area contributed by atoms with E-state index in [9.17, 15) is 18.0 Å². The van der Waals surface area contributed by atoms with Crippen molar-refractivity contribution in [2.75, 3.05) is 18.5 Å². The second-order valence-corrected chi connectivity index (χ2v) is 7.60. The van der Waals surface area contributed by atoms with Crippen LogP contribution >= 0.6 is 11.6 Å². The molecule has 9 nitrogen and oxygen atoms in total. The summed E-state index contributed by atoms with van der Waals surface area (Å²) in [6.07, 6.45) is -0.248. The Morgan fingerprint density at radius 3 is 2.59 bits per heavy atom. The highest BCUT2D eigenvalue weighted by Crippen LogP contribution is 2.20. The zero-order chi connectivity index (χ0) is 20.0. The smallest absolute Gasteiger partial charge is 0.307 e. The normalized spacial score (nSPS) is 11.2. The maximum Gasteiger partial charge on any atom is 0.307 e. The first-order valence-corrected chi connectivity index (χ1v) is 9.69. The van der Waals surface area contributed by atoms with E-state index in [1.807, 2.05) is 0 Å². The van der Waals surface area contributed by atoms with E-state index in [0.717, 1.165) is 0 Å². The van der Waals surface area contributed by atoms with E-state index < -0.39 is 28.5 Å². The van der Waals surface area contributed by atoms with E-state index in [1.165, 1.54) is 13.8 Å². The largest absolute Gasteiger partial charge is 0.456 e. The van der Waals surface area contributed by atoms with Crippen LogP contribution in [0.25, 0.3) is 0 Å². The van der Waals surface area contributed by atoms with Crippen molar-refractivity contribution in [2.24, 2.45) is 0 Å². The number of hydrogen-bond donors (Lipinski definition) is 2. The number of carbonyl (C=O) groups excluding carboxylic acids is 2. The number of amides is 1. The number of nitrogens with one attached hydrogen (secondary N) is 2. The third-order valence-electron chi connectivity index (χ3n) is 3.37. The van der Waals surface area contributed by atoms with Gasteiger partial charge in [-0.25, -0.2) is 13.1 Å². The van der Waals surface area contributed by atoms with Gasteiger partial charge in [-0.1, -0.05) is 28.9 Å². The first kappa shape index (κ1) is 20.9. The number of esters is 1. The minimum absolute atomic E-state index is 0.0602. The number of benzene rings is 1. The van der Waals surface area contributed by atoms with Crippen molar-refractivity contribution >= 4 is 39.2 Å². The molecule has 1 aromatic carbocycles. The van der Waals surface area contributed by atoms with Crippen LogP contribution in [0.2, 0.25) is 5.02 Å². The molecular weight excluding hydrogens is 398 g/mol. The minimum atomic E-state index is -3.86. The van der Waals surface area contributed by atoms with Crippen LogP contribution in [0, 0.1) is 13.8 Å². The van der Waals surface area contributed by atoms with Crippen LogP contribution in [0.1, 0.15) is 17.9 Å². The standard InChI is InChI=1S/C16H18ClN3O6S/c1-10-16(11(2)26-20-10)27(23,24)18-8-7-15(22)25-9-14(21)19-13-6-4-3-5-12(13)17/h3-6,18H,7-9H2,1-2H3,(H,19,21). The Bertz CT molecular complexity index is 922. The average Bonchev–Trinajstić information content (AvgIpc) is 2.94. The third kappa shape index (κ3) is 5.78. The zero-order valence-corrected chi connectivity index (χ0v) is 16.2. The number of carbonyl (C=O) groups is 2. The Hall–Kier alpha value is -2.43. The van der Waals surface area contributed by atoms with E-state index in [0.29, 0.717) is 10.7 Å². The number of ether oxygens (including phenoxy) is 1. The van der Waals surface area contributed by atoms with E-state index in [2.05, 4.69) is 15.2 Å². The molecule has 2 rings (SSSR count). The summed E-state index contributed by atoms with van der Waals surface area (Å²) in [5, 5.41) is 6.43. The average molecular weight is 416 g/mol. The number of hydrogen-bond acceptors (Lipinski definition) is 7. The molecule has 1 amide bonds. The Kier molecular flexibility index (Phi) is 6.94. The fraction of sp³-hybridized carbons (Fsp3) is 0.312. The van der Waals surface area contributed by atoms with Gasteiger partial charge >= 0.3 is 5.97 Å². The van der Waals surface area contributed by atoms with Gasteiger partial charge < -0.3 is 14.6 Å². The molecule has 11 heteroatoms. The number of anilines is 1. The number of para-hydroxylation sites is 1. The van der Waals surface area contributed by atoms with Crippen molar-refractivity contribution in [1.29, 1.82) is 0 Å². The van der Waals surface area contributed by atoms with Crippen molar-refractivity contribution in [1.82, 2.24) is 9.88 Å². The van der Waals surface area contributed by atoms with Gasteiger partial charge in [0.05, 0.1) is 17.1 Å². The molecule has 0 spiro atoms. The second kappa shape index (κ2) is 8.98. The van der Waals surface area contributed by atoms with E-state index in [4.69, 9.17) is 20.9 Å². The Morgan fingerprint density at radius 1 is 1.26 bits per heavy atom. The minimum Gasteiger partial charge on any atom is -0.456 e. The predicted molar refractivity (Wildman–Crippen MR) is 96.8 cm³/mol. The zero-order valence-electron chi connectivity index (χ0n) is 14.6. The highest BCUT2D eigenvalue weighted by molar-refractivity contribution is 7.89. The topological polar surface area (TPSA) is 128 Å². The molecule has 0 radical (unpaired) electrons. The molecule has 27 heavy (non-hydrogen) atoms. The highest BCUT2D eigenvalue weighted by atomic mass is 35.5. The lowest BCUT2D eigenvalue weighted by Crippen LogP contribution is -2.28. The maximum absolute atomic E-state index is 12.2. The lowest BCUT2D eigenvalue weighted by Gasteiger charge is -2.08. The van der Waals surface area contributed by atoms with Gasteiger partial charge in [0.15, 0.2) is 12.4 Å². The molecule has 1 heterocycles. The summed E-state index contributed by atoms with van der Waals surface area (Å²) in [6.45, 7) is 2.26. The van der Waals surface area contributed by atoms with Crippen molar-refractivity contribution in [3.8, 4) is 0 Å². The van der Waals surface area contributed by atoms with Crippen LogP contribution in [0.5, 0.6) is 0 Å². The molecule has 2 N–H and O–H groups in total. The van der Waals surface area contributed by atoms with Gasteiger partial charge in [0, 0.05) is 6.54 Å². The lowest BCUT2D eigenvalue weighted by molar-refractivity contribution is -0.147. The van der Waals surface area contributed by atoms with E-state index in [1.54, 1.807) is 24.3 Å². The molecule has 0 saturated carbocycles. The van der Waals surface area contributed by atoms with Gasteiger partial charge in [0.2, 0.25) is 10.0 Å². The molecule has 0 bridgehead atoms. The first-order chi connectivity index (χ1) is 12.7. The number of aromatic nitrogens is 1. The molecule has 0 fully saturated rings. The highest BCUT2D eigenvalue weighted by Gasteiger charge is 2.24. The number of halogens is 1. The van der Waals surface area contributed by atoms with Crippen molar-refractivity contribution in [3.63, 3.8) is 0 Å². The predicted octanol–water partition coefficient (Wildman–Crippen LogP) is 1.80. The van der Waals surface area contributed by atoms with Crippen molar-refractivity contribution < 1.29 is 27.3 Å². The molecule has 1 aromatic heterocycles. The molecular formula is C16H18ClN3O6S. The molecule has 0 saturated heterocycles. The SMILES string of the molecule is Cc1noc(C)c1S(=O)(=O)NCCC(=O)OCC(=O)Nc1ccccc1Cl. The molecule has 2 aromatic rings. The Morgan fingerprint density at radius 2 is 1.96 bits per heavy atom. The summed E-state index contributed by atoms with van der Waals surface area (Å²) >= 11 is 5.91. The summed E-state index contributed by atoms with van der Waals surface area (Å²) in [5.41, 5.74) is 0.617. The van der Waals surface area contributed by atoms with Crippen LogP contribution in [0.15, 0.2) is 33.7 Å². The third-order valence-corrected chi connectivity index (χ3v) is 5.40. The van der Waals surface area contributed by atoms with E-state index >= 15 is 0 Å². The van der Waals surface area contributed by atoms with Gasteiger partial charge in [-0.15, -0.1) is 0 Å². The Balaban J connectivity index is 1.76. The second-order valence-electron chi connectivity index (χ2n) is 5.49. The number of aryl methyl sites for hydroxylation is 2. The van der Waals surface area contributed by atoms with Gasteiger partial charge in [0.1, 0.15) is 10.6 Å². The summed E-state index contributed by atoms with van der Waals surface area (Å²) < 4.78 is 36.2. The van der Waals surface area contributed by atoms with Crippen molar-refractivity contribution in [2.45, 2.75) is 25.2 Å². The maximum atomic E-state index is 12.2. The van der Waals surface area contributed by atoms with Gasteiger partial charge in [0.25, 0.3) is 5.91 Å². The van der Waals surface area contributed by atoms with Gasteiger partial charge in [-0.05, 0) is 26.0 Å². The molecule has 0 atom stereocenters. The lowest BCUT2D eigenvalue weighted by atomic mass is 10.3. The molecule has 0 aliphatic heterocycles. The Labute approximate surface area is 161 Å². The fourth-order valence-electron chi connectivity index (χ4n) is 2.18. The van der Waals surface area contributed by atoms with Crippen LogP contribution in [-0.2, 0) is 24.3 Å². The number of rotatable bonds is 8. The van der Waals surface area contributed by atoms with E-state index in [-0.39, 0.29) is 29.3 Å². The van der Waals surface area contributed by atoms with Crippen LogP contribution in [0.4, 0.5) is 5.69 Å². The molecule has 0 aliphatic carbocycles. The van der Waals surface area contributed by atoms with Gasteiger partial charge in [-0.3, -0.25) is 9.59 Å². The first-order valence-electron chi connectivity index (χ1n) is 7.83. The molecule has 146 valence electrons. The van der Waals surface area contributed by atoms with Crippen molar-refractivity contribution in [3.05, 3.63) is 40.7 Å². The van der Waals surface area contributed by atoms with Crippen LogP contribution in [-0.4, -0.2) is 38.6 Å². The van der Waals surface area contributed by atoms with Gasteiger partial charge in [-0.2, -0.15) is 0 Å². The monoisotopic (exact) mass is 415 g/mol. The molecule has 0 unspecified atom stereocenters. The van der Waals surface area contributed by atoms with Crippen LogP contribution in [0.3, 0.4) is 0 Å². The summed E-state index contributed by atoms with van der Waals surface area (Å²) in [4.78, 5) is 23.4. The number of nitrogens with zero attached hydrogens (tertiary/aromatic N) is 1. The summed E-state index contributed by atoms with van der Waals surface area (Å²) in [7, 11) is -3.86. The summed E-state index contributed by atoms with van der Waals surface area (Å²) in [6, 6.07) is 6.61. The fourth-order valence-corrected chi connectivity index (χ4v) is 3.72. The number of sulfonamides is 1.